The van der Waals surface area contributed by atoms with E-state index in [2.05, 4.69) is 14.8 Å². The second kappa shape index (κ2) is 14.6. The van der Waals surface area contributed by atoms with Crippen molar-refractivity contribution in [3.05, 3.63) is 30.3 Å². The summed E-state index contributed by atoms with van der Waals surface area (Å²) in [6, 6.07) is 10.0. The summed E-state index contributed by atoms with van der Waals surface area (Å²) in [6.07, 6.45) is 0. The zero-order chi connectivity index (χ0) is 12.8. The molecule has 0 spiro atoms. The molecule has 88 valence electrons. The molecule has 0 atom stereocenters. The second-order valence-corrected chi connectivity index (χ2v) is 15.2. The molecule has 0 heterocycles. The molecule has 1 radical (unpaired) electrons. The average Bonchev–Trinajstić information content (AvgIpc) is 2.77. The summed E-state index contributed by atoms with van der Waals surface area (Å²) in [4.78, 5) is 35.3. The van der Waals surface area contributed by atoms with Crippen molar-refractivity contribution in [1.29, 1.82) is 0 Å². The van der Waals surface area contributed by atoms with Crippen molar-refractivity contribution < 1.29 is 29.8 Å². The standard InChI is InChI=1S/C5H5.3CO.3CH3.Re.Sn/c1-2-4-5-3-1;3*1-2;;;;;/h1-5H;;;;3*1H3;;/q-1;;;;;;;;. The fraction of sp³-hybridized carbons (Fsp3) is 0.273. The molecule has 1 aromatic rings. The van der Waals surface area contributed by atoms with Gasteiger partial charge in [0.2, 0.25) is 0 Å². The van der Waals surface area contributed by atoms with E-state index in [0.29, 0.717) is 0 Å². The molecule has 1 aromatic carbocycles. The minimum atomic E-state index is -2.97. The molecule has 0 bridgehead atoms. The number of rotatable bonds is 0. The predicted octanol–water partition coefficient (Wildman–Crippen LogP) is 1.58. The maximum atomic E-state index is 9.40. The van der Waals surface area contributed by atoms with Crippen molar-refractivity contribution in [2.24, 2.45) is 0 Å². The fourth-order valence-electron chi connectivity index (χ4n) is 0.368. The van der Waals surface area contributed by atoms with Gasteiger partial charge in [-0.05, 0) is 0 Å². The van der Waals surface area contributed by atoms with Gasteiger partial charge >= 0.3 is 77.4 Å². The Hall–Kier alpha value is -0.449. The van der Waals surface area contributed by atoms with Crippen LogP contribution in [0.4, 0.5) is 0 Å². The van der Waals surface area contributed by atoms with Crippen molar-refractivity contribution in [3.63, 3.8) is 0 Å². The molecule has 0 aromatic heterocycles. The van der Waals surface area contributed by atoms with Crippen LogP contribution in [0.5, 0.6) is 0 Å². The SMILES string of the molecule is O=[C]=[Re](=[C]=O)=[C]=O.[CH3][Sn]([CH3])[CH3].c1cc[cH-]c1. The average molecular weight is 499 g/mol. The van der Waals surface area contributed by atoms with E-state index in [4.69, 9.17) is 0 Å². The Labute approximate surface area is 107 Å². The topological polar surface area (TPSA) is 51.2 Å². The van der Waals surface area contributed by atoms with Gasteiger partial charge in [0.25, 0.3) is 0 Å². The zero-order valence-corrected chi connectivity index (χ0v) is 15.1. The quantitative estimate of drug-likeness (QED) is 0.403. The molecule has 5 heteroatoms. The third-order valence-corrected chi connectivity index (χ3v) is 2.45. The zero-order valence-electron chi connectivity index (χ0n) is 9.49. The summed E-state index contributed by atoms with van der Waals surface area (Å²) in [5.74, 6) is 0. The van der Waals surface area contributed by atoms with Crippen LogP contribution in [0, 0.1) is 0 Å². The van der Waals surface area contributed by atoms with E-state index in [1.165, 1.54) is 13.1 Å². The van der Waals surface area contributed by atoms with Gasteiger partial charge in [-0.25, -0.2) is 12.1 Å². The van der Waals surface area contributed by atoms with Crippen molar-refractivity contribution in [3.8, 4) is 0 Å². The Morgan fingerprint density at radius 3 is 1.31 bits per heavy atom. The molecule has 0 unspecified atom stereocenters. The Morgan fingerprint density at radius 2 is 1.25 bits per heavy atom. The maximum Gasteiger partial charge on any atom is -0.172 e. The summed E-state index contributed by atoms with van der Waals surface area (Å²) in [5.41, 5.74) is 0. The van der Waals surface area contributed by atoms with E-state index in [9.17, 15) is 14.4 Å². The summed E-state index contributed by atoms with van der Waals surface area (Å²) in [7, 11) is 0. The first kappa shape index (κ1) is 17.9. The summed E-state index contributed by atoms with van der Waals surface area (Å²) in [5, 5.41) is 0. The van der Waals surface area contributed by atoms with Crippen LogP contribution >= 0.6 is 0 Å². The van der Waals surface area contributed by atoms with Crippen LogP contribution in [-0.4, -0.2) is 32.8 Å². The maximum absolute atomic E-state index is 9.40. The Kier molecular flexibility index (Phi) is 16.3. The molecule has 0 aliphatic heterocycles. The van der Waals surface area contributed by atoms with Crippen molar-refractivity contribution in [2.45, 2.75) is 14.8 Å². The normalized spacial score (nSPS) is 7.00. The van der Waals surface area contributed by atoms with Crippen molar-refractivity contribution in [2.75, 3.05) is 0 Å². The molecule has 0 saturated heterocycles. The van der Waals surface area contributed by atoms with E-state index < -0.39 is 35.1 Å². The third kappa shape index (κ3) is 19.2. The predicted molar refractivity (Wildman–Crippen MR) is 62.5 cm³/mol. The summed E-state index contributed by atoms with van der Waals surface area (Å²) < 4.78 is 3.87. The minimum absolute atomic E-state index is 0.543. The van der Waals surface area contributed by atoms with Gasteiger partial charge in [-0.2, -0.15) is 18.2 Å². The van der Waals surface area contributed by atoms with Crippen molar-refractivity contribution in [1.82, 2.24) is 0 Å². The van der Waals surface area contributed by atoms with E-state index in [0.717, 1.165) is 0 Å². The van der Waals surface area contributed by atoms with E-state index in [-0.39, 0.29) is 0 Å². The molecule has 0 N–H and O–H groups in total. The first-order valence-electron chi connectivity index (χ1n) is 4.35. The smallest absolute Gasteiger partial charge is 0.172 e. The molecule has 0 aliphatic carbocycles. The first-order valence-corrected chi connectivity index (χ1v) is 17.0. The van der Waals surface area contributed by atoms with Gasteiger partial charge in [0.05, 0.1) is 0 Å². The van der Waals surface area contributed by atoms with Gasteiger partial charge in [-0.15, -0.1) is 0 Å². The van der Waals surface area contributed by atoms with Gasteiger partial charge in [-0.3, -0.25) is 0 Å². The molecular formula is C11H14O3ReSn-. The number of hydrogen-bond acceptors (Lipinski definition) is 3. The second-order valence-electron chi connectivity index (χ2n) is 2.98. The first-order chi connectivity index (χ1) is 7.58. The van der Waals surface area contributed by atoms with Crippen LogP contribution < -0.4 is 0 Å². The number of hydrogen-bond donors (Lipinski definition) is 0. The van der Waals surface area contributed by atoms with Gasteiger partial charge < -0.3 is 0 Å². The van der Waals surface area contributed by atoms with E-state index >= 15 is 0 Å². The Morgan fingerprint density at radius 1 is 0.938 bits per heavy atom. The Balaban J connectivity index is 0. The van der Waals surface area contributed by atoms with Crippen LogP contribution in [0.1, 0.15) is 0 Å². The van der Waals surface area contributed by atoms with E-state index in [1.807, 2.05) is 30.3 Å². The largest absolute Gasteiger partial charge is 0.214 e. The van der Waals surface area contributed by atoms with Crippen LogP contribution in [-0.2, 0) is 29.8 Å². The van der Waals surface area contributed by atoms with Crippen LogP contribution in [0.15, 0.2) is 30.3 Å². The minimum Gasteiger partial charge on any atom is -0.214 e. The molecule has 0 saturated carbocycles. The molecule has 16 heavy (non-hydrogen) atoms. The molecule has 0 aliphatic rings. The fourth-order valence-corrected chi connectivity index (χ4v) is 0.707. The van der Waals surface area contributed by atoms with Gasteiger partial charge in [-0.1, -0.05) is 0 Å². The van der Waals surface area contributed by atoms with Gasteiger partial charge in [0.1, 0.15) is 0 Å². The van der Waals surface area contributed by atoms with Gasteiger partial charge in [0.15, 0.2) is 0 Å². The summed E-state index contributed by atoms with van der Waals surface area (Å²) in [6.45, 7) is 0. The molecule has 1 rings (SSSR count). The van der Waals surface area contributed by atoms with E-state index in [1.54, 1.807) is 0 Å². The molecule has 3 nitrogen and oxygen atoms in total. The van der Waals surface area contributed by atoms with Crippen LogP contribution in [0.2, 0.25) is 14.8 Å². The monoisotopic (exact) mass is 501 g/mol. The van der Waals surface area contributed by atoms with Gasteiger partial charge in [0, 0.05) is 0 Å². The number of carbonyl (C=O) groups excluding carboxylic acids is 3. The molecular weight excluding hydrogens is 485 g/mol. The Bertz CT molecular complexity index is 390. The molecule has 0 fully saturated rings. The van der Waals surface area contributed by atoms with Crippen LogP contribution in [0.3, 0.4) is 0 Å². The summed E-state index contributed by atoms with van der Waals surface area (Å²) >= 11 is -3.52. The van der Waals surface area contributed by atoms with Crippen molar-refractivity contribution >= 4 is 32.8 Å². The molecule has 0 amide bonds. The third-order valence-electron chi connectivity index (χ3n) is 0.787. The van der Waals surface area contributed by atoms with Crippen LogP contribution in [0.25, 0.3) is 0 Å².